The molecule has 0 aromatic heterocycles. The Hall–Kier alpha value is -0.500. The lowest BCUT2D eigenvalue weighted by Gasteiger charge is -2.32. The van der Waals surface area contributed by atoms with Gasteiger partial charge in [-0.05, 0) is 27.0 Å². The fraction of sp³-hybridized carbons (Fsp3) is 0.778. The quantitative estimate of drug-likeness (QED) is 0.615. The molecular formula is C9H17NO. The van der Waals surface area contributed by atoms with Gasteiger partial charge in [0.15, 0.2) is 0 Å². The molecule has 1 unspecified atom stereocenters. The molecular weight excluding hydrogens is 138 g/mol. The summed E-state index contributed by atoms with van der Waals surface area (Å²) in [5, 5.41) is 8.87. The highest BCUT2D eigenvalue weighted by molar-refractivity contribution is 5.01. The number of aliphatic hydroxyl groups is 1. The first-order valence-electron chi connectivity index (χ1n) is 4.10. The number of rotatable bonds is 1. The summed E-state index contributed by atoms with van der Waals surface area (Å²) >= 11 is 0. The van der Waals surface area contributed by atoms with Crippen molar-refractivity contribution in [2.45, 2.75) is 26.3 Å². The van der Waals surface area contributed by atoms with E-state index in [0.29, 0.717) is 5.92 Å². The number of nitrogens with zero attached hydrogens (tertiary/aromatic N) is 1. The Morgan fingerprint density at radius 1 is 1.55 bits per heavy atom. The molecule has 0 aromatic carbocycles. The van der Waals surface area contributed by atoms with Crippen LogP contribution in [-0.2, 0) is 0 Å². The zero-order valence-electron chi connectivity index (χ0n) is 7.54. The van der Waals surface area contributed by atoms with Gasteiger partial charge in [0.25, 0.3) is 0 Å². The van der Waals surface area contributed by atoms with Gasteiger partial charge in [-0.15, -0.1) is 0 Å². The van der Waals surface area contributed by atoms with Gasteiger partial charge >= 0.3 is 0 Å². The zero-order valence-corrected chi connectivity index (χ0v) is 7.54. The Morgan fingerprint density at radius 2 is 2.18 bits per heavy atom. The Bertz CT molecular complexity index is 157. The predicted molar refractivity (Wildman–Crippen MR) is 46.2 cm³/mol. The molecule has 0 bridgehead atoms. The average molecular weight is 155 g/mol. The van der Waals surface area contributed by atoms with Gasteiger partial charge in [-0.1, -0.05) is 6.08 Å². The van der Waals surface area contributed by atoms with Crippen LogP contribution >= 0.6 is 0 Å². The van der Waals surface area contributed by atoms with Crippen LogP contribution in [-0.4, -0.2) is 28.7 Å². The summed E-state index contributed by atoms with van der Waals surface area (Å²) in [4.78, 5) is 2.26. The van der Waals surface area contributed by atoms with Crippen molar-refractivity contribution in [1.82, 2.24) is 4.90 Å². The lowest BCUT2D eigenvalue weighted by atomic mass is 10.1. The zero-order chi connectivity index (χ0) is 8.48. The third kappa shape index (κ3) is 1.96. The van der Waals surface area contributed by atoms with E-state index in [0.717, 1.165) is 6.54 Å². The second-order valence-corrected chi connectivity index (χ2v) is 4.11. The summed E-state index contributed by atoms with van der Waals surface area (Å²) < 4.78 is 0. The van der Waals surface area contributed by atoms with E-state index in [1.165, 1.54) is 0 Å². The van der Waals surface area contributed by atoms with E-state index in [1.807, 2.05) is 0 Å². The molecule has 0 saturated carbocycles. The van der Waals surface area contributed by atoms with Crippen molar-refractivity contribution in [3.05, 3.63) is 12.3 Å². The third-order valence-electron chi connectivity index (χ3n) is 2.07. The summed E-state index contributed by atoms with van der Waals surface area (Å²) in [6.07, 6.45) is 4.16. The van der Waals surface area contributed by atoms with Crippen molar-refractivity contribution >= 4 is 0 Å². The molecule has 2 nitrogen and oxygen atoms in total. The van der Waals surface area contributed by atoms with Crippen LogP contribution in [0.1, 0.15) is 20.8 Å². The largest absolute Gasteiger partial charge is 0.396 e. The Balaban J connectivity index is 2.50. The van der Waals surface area contributed by atoms with Crippen LogP contribution in [0.15, 0.2) is 12.3 Å². The van der Waals surface area contributed by atoms with E-state index in [4.69, 9.17) is 5.11 Å². The van der Waals surface area contributed by atoms with Gasteiger partial charge in [-0.2, -0.15) is 0 Å². The van der Waals surface area contributed by atoms with Crippen molar-refractivity contribution in [3.63, 3.8) is 0 Å². The highest BCUT2D eigenvalue weighted by atomic mass is 16.3. The van der Waals surface area contributed by atoms with E-state index in [2.05, 4.69) is 37.9 Å². The second-order valence-electron chi connectivity index (χ2n) is 4.11. The van der Waals surface area contributed by atoms with E-state index in [9.17, 15) is 0 Å². The summed E-state index contributed by atoms with van der Waals surface area (Å²) in [6.45, 7) is 7.76. The van der Waals surface area contributed by atoms with E-state index >= 15 is 0 Å². The second kappa shape index (κ2) is 2.86. The van der Waals surface area contributed by atoms with Gasteiger partial charge in [-0.3, -0.25) is 0 Å². The van der Waals surface area contributed by atoms with E-state index < -0.39 is 0 Å². The fourth-order valence-electron chi connectivity index (χ4n) is 1.22. The highest BCUT2D eigenvalue weighted by Crippen LogP contribution is 2.21. The molecule has 2 heteroatoms. The smallest absolute Gasteiger partial charge is 0.0511 e. The molecule has 0 aliphatic carbocycles. The van der Waals surface area contributed by atoms with Crippen molar-refractivity contribution in [3.8, 4) is 0 Å². The molecule has 1 atom stereocenters. The molecule has 1 rings (SSSR count). The molecule has 1 N–H and O–H groups in total. The van der Waals surface area contributed by atoms with Gasteiger partial charge in [0.05, 0.1) is 6.61 Å². The Morgan fingerprint density at radius 3 is 2.45 bits per heavy atom. The van der Waals surface area contributed by atoms with Crippen molar-refractivity contribution in [2.24, 2.45) is 5.92 Å². The molecule has 1 heterocycles. The summed E-state index contributed by atoms with van der Waals surface area (Å²) in [7, 11) is 0. The van der Waals surface area contributed by atoms with E-state index in [1.54, 1.807) is 0 Å². The van der Waals surface area contributed by atoms with Crippen LogP contribution in [0.2, 0.25) is 0 Å². The van der Waals surface area contributed by atoms with Crippen LogP contribution in [0, 0.1) is 5.92 Å². The van der Waals surface area contributed by atoms with Gasteiger partial charge in [0.2, 0.25) is 0 Å². The summed E-state index contributed by atoms with van der Waals surface area (Å²) in [5.74, 6) is 0.342. The number of hydrogen-bond donors (Lipinski definition) is 1. The number of hydrogen-bond acceptors (Lipinski definition) is 2. The third-order valence-corrected chi connectivity index (χ3v) is 2.07. The van der Waals surface area contributed by atoms with E-state index in [-0.39, 0.29) is 12.1 Å². The molecule has 0 spiro atoms. The van der Waals surface area contributed by atoms with Gasteiger partial charge in [0, 0.05) is 18.0 Å². The number of aliphatic hydroxyl groups excluding tert-OH is 1. The Labute approximate surface area is 68.5 Å². The standard InChI is InChI=1S/C9H17NO/c1-9(2,3)10-5-4-8(6-10)7-11/h4-5,8,11H,6-7H2,1-3H3. The first kappa shape index (κ1) is 8.60. The van der Waals surface area contributed by atoms with Gasteiger partial charge in [0.1, 0.15) is 0 Å². The monoisotopic (exact) mass is 155 g/mol. The Kier molecular flexibility index (Phi) is 2.23. The molecule has 64 valence electrons. The summed E-state index contributed by atoms with van der Waals surface area (Å²) in [6, 6.07) is 0. The first-order valence-corrected chi connectivity index (χ1v) is 4.10. The normalized spacial score (nSPS) is 24.7. The van der Waals surface area contributed by atoms with Crippen molar-refractivity contribution in [1.29, 1.82) is 0 Å². The predicted octanol–water partition coefficient (Wildman–Crippen LogP) is 1.22. The van der Waals surface area contributed by atoms with Crippen molar-refractivity contribution < 1.29 is 5.11 Å². The van der Waals surface area contributed by atoms with Gasteiger partial charge in [-0.25, -0.2) is 0 Å². The molecule has 0 saturated heterocycles. The summed E-state index contributed by atoms with van der Waals surface area (Å²) in [5.41, 5.74) is 0.195. The molecule has 1 aliphatic rings. The maximum atomic E-state index is 8.87. The minimum absolute atomic E-state index is 0.195. The van der Waals surface area contributed by atoms with Crippen LogP contribution in [0.25, 0.3) is 0 Å². The molecule has 0 amide bonds. The minimum Gasteiger partial charge on any atom is -0.396 e. The maximum absolute atomic E-state index is 8.87. The fourth-order valence-corrected chi connectivity index (χ4v) is 1.22. The lowest BCUT2D eigenvalue weighted by Crippen LogP contribution is -2.37. The van der Waals surface area contributed by atoms with Gasteiger partial charge < -0.3 is 10.0 Å². The minimum atomic E-state index is 0.195. The molecule has 0 radical (unpaired) electrons. The highest BCUT2D eigenvalue weighted by Gasteiger charge is 2.24. The molecule has 11 heavy (non-hydrogen) atoms. The SMILES string of the molecule is CC(C)(C)N1C=CC(CO)C1. The van der Waals surface area contributed by atoms with Crippen LogP contribution in [0.4, 0.5) is 0 Å². The topological polar surface area (TPSA) is 23.5 Å². The van der Waals surface area contributed by atoms with Crippen LogP contribution in [0.3, 0.4) is 0 Å². The molecule has 0 fully saturated rings. The maximum Gasteiger partial charge on any atom is 0.0511 e. The average Bonchev–Trinajstić information content (AvgIpc) is 2.32. The first-order chi connectivity index (χ1) is 5.04. The molecule has 0 aromatic rings. The van der Waals surface area contributed by atoms with Crippen LogP contribution in [0.5, 0.6) is 0 Å². The molecule has 1 aliphatic heterocycles. The lowest BCUT2D eigenvalue weighted by molar-refractivity contribution is 0.176. The van der Waals surface area contributed by atoms with Crippen molar-refractivity contribution in [2.75, 3.05) is 13.2 Å². The van der Waals surface area contributed by atoms with Crippen LogP contribution < -0.4 is 0 Å².